The number of fused-ring (bicyclic) bond motifs is 1. The number of carbonyl (C=O) groups excluding carboxylic acids is 2. The summed E-state index contributed by atoms with van der Waals surface area (Å²) in [5, 5.41) is 5.40. The van der Waals surface area contributed by atoms with Crippen molar-refractivity contribution in [3.8, 4) is 0 Å². The molecule has 26 heavy (non-hydrogen) atoms. The van der Waals surface area contributed by atoms with E-state index in [-0.39, 0.29) is 23.9 Å². The highest BCUT2D eigenvalue weighted by molar-refractivity contribution is 5.93. The van der Waals surface area contributed by atoms with E-state index in [1.54, 1.807) is 49.4 Å². The number of anilines is 2. The molecule has 0 bridgehead atoms. The quantitative estimate of drug-likeness (QED) is 0.755. The highest BCUT2D eigenvalue weighted by Gasteiger charge is 2.12. The van der Waals surface area contributed by atoms with Gasteiger partial charge in [-0.15, -0.1) is 0 Å². The third-order valence-corrected chi connectivity index (χ3v) is 3.78. The minimum atomic E-state index is -0.345. The molecule has 0 saturated heterocycles. The average molecular weight is 350 g/mol. The number of nitrogens with one attached hydrogen (secondary N) is 2. The summed E-state index contributed by atoms with van der Waals surface area (Å²) in [7, 11) is 0. The molecule has 2 N–H and O–H groups in total. The Hall–Kier alpha value is -3.48. The van der Waals surface area contributed by atoms with Crippen LogP contribution in [0.15, 0.2) is 53.3 Å². The molecule has 3 aromatic rings. The number of para-hydroxylation sites is 2. The number of rotatable bonds is 4. The number of amides is 2. The highest BCUT2D eigenvalue weighted by atomic mass is 16.2. The lowest BCUT2D eigenvalue weighted by atomic mass is 10.2. The summed E-state index contributed by atoms with van der Waals surface area (Å²) in [4.78, 5) is 40.3. The third-order valence-electron chi connectivity index (χ3n) is 3.78. The molecule has 7 heteroatoms. The van der Waals surface area contributed by atoms with Crippen molar-refractivity contribution < 1.29 is 9.59 Å². The maximum atomic E-state index is 12.4. The zero-order valence-corrected chi connectivity index (χ0v) is 14.4. The minimum absolute atomic E-state index is 0.132. The highest BCUT2D eigenvalue weighted by Crippen LogP contribution is 2.15. The zero-order chi connectivity index (χ0) is 18.7. The molecule has 0 aliphatic heterocycles. The summed E-state index contributed by atoms with van der Waals surface area (Å²) < 4.78 is 1.41. The number of benzene rings is 2. The van der Waals surface area contributed by atoms with E-state index in [0.717, 1.165) is 0 Å². The van der Waals surface area contributed by atoms with Crippen LogP contribution < -0.4 is 16.2 Å². The number of nitrogens with zero attached hydrogens (tertiary/aromatic N) is 2. The van der Waals surface area contributed by atoms with E-state index in [9.17, 15) is 14.4 Å². The molecule has 1 heterocycles. The van der Waals surface area contributed by atoms with E-state index >= 15 is 0 Å². The minimum Gasteiger partial charge on any atom is -0.326 e. The third kappa shape index (κ3) is 3.77. The lowest BCUT2D eigenvalue weighted by molar-refractivity contribution is -0.116. The second-order valence-electron chi connectivity index (χ2n) is 5.89. The van der Waals surface area contributed by atoms with Gasteiger partial charge in [-0.2, -0.15) is 0 Å². The molecule has 0 saturated carbocycles. The molecule has 132 valence electrons. The largest absolute Gasteiger partial charge is 0.326 e. The van der Waals surface area contributed by atoms with Gasteiger partial charge in [0.15, 0.2) is 0 Å². The van der Waals surface area contributed by atoms with E-state index in [1.807, 2.05) is 6.07 Å². The number of hydrogen-bond acceptors (Lipinski definition) is 4. The van der Waals surface area contributed by atoms with Crippen LogP contribution in [0.25, 0.3) is 11.0 Å². The van der Waals surface area contributed by atoms with Crippen LogP contribution in [0.4, 0.5) is 11.4 Å². The fourth-order valence-electron chi connectivity index (χ4n) is 2.70. The summed E-state index contributed by atoms with van der Waals surface area (Å²) in [5.74, 6) is -0.540. The molecule has 0 fully saturated rings. The first-order valence-electron chi connectivity index (χ1n) is 8.08. The van der Waals surface area contributed by atoms with Crippen molar-refractivity contribution in [2.45, 2.75) is 20.4 Å². The van der Waals surface area contributed by atoms with Crippen LogP contribution in [-0.2, 0) is 16.1 Å². The summed E-state index contributed by atoms with van der Waals surface area (Å²) in [5.41, 5.74) is 2.41. The first-order valence-corrected chi connectivity index (χ1v) is 8.08. The van der Waals surface area contributed by atoms with Crippen molar-refractivity contribution in [3.05, 3.63) is 64.6 Å². The van der Waals surface area contributed by atoms with Crippen molar-refractivity contribution in [1.82, 2.24) is 9.55 Å². The van der Waals surface area contributed by atoms with E-state index in [0.29, 0.717) is 28.1 Å². The molecule has 0 unspecified atom stereocenters. The monoisotopic (exact) mass is 350 g/mol. The van der Waals surface area contributed by atoms with Gasteiger partial charge in [0.2, 0.25) is 11.8 Å². The SMILES string of the molecule is CC(=O)Nc1cccc(NC(=O)Cn2c(=O)c(C)nc3ccccc32)c1. The van der Waals surface area contributed by atoms with Gasteiger partial charge in [0.05, 0.1) is 11.0 Å². The fraction of sp³-hybridized carbons (Fsp3) is 0.158. The van der Waals surface area contributed by atoms with Crippen LogP contribution >= 0.6 is 0 Å². The van der Waals surface area contributed by atoms with Crippen molar-refractivity contribution >= 4 is 34.2 Å². The smallest absolute Gasteiger partial charge is 0.272 e. The summed E-state index contributed by atoms with van der Waals surface area (Å²) in [6, 6.07) is 14.0. The molecule has 2 aromatic carbocycles. The predicted molar refractivity (Wildman–Crippen MR) is 100 cm³/mol. The molecule has 0 aliphatic rings. The molecule has 3 rings (SSSR count). The van der Waals surface area contributed by atoms with Gasteiger partial charge in [-0.05, 0) is 37.3 Å². The predicted octanol–water partition coefficient (Wildman–Crippen LogP) is 2.30. The first-order chi connectivity index (χ1) is 12.4. The van der Waals surface area contributed by atoms with Crippen molar-refractivity contribution in [3.63, 3.8) is 0 Å². The number of aryl methyl sites for hydroxylation is 1. The van der Waals surface area contributed by atoms with Crippen LogP contribution in [0.2, 0.25) is 0 Å². The fourth-order valence-corrected chi connectivity index (χ4v) is 2.70. The maximum absolute atomic E-state index is 12.4. The van der Waals surface area contributed by atoms with Gasteiger partial charge < -0.3 is 10.6 Å². The Labute approximate surface area is 149 Å². The molecule has 0 spiro atoms. The molecule has 0 radical (unpaired) electrons. The first kappa shape index (κ1) is 17.3. The Balaban J connectivity index is 1.85. The van der Waals surface area contributed by atoms with Gasteiger partial charge >= 0.3 is 0 Å². The molecule has 0 aliphatic carbocycles. The van der Waals surface area contributed by atoms with Gasteiger partial charge in [0.1, 0.15) is 12.2 Å². The van der Waals surface area contributed by atoms with E-state index in [1.165, 1.54) is 11.5 Å². The molecule has 2 amide bonds. The molecule has 1 aromatic heterocycles. The van der Waals surface area contributed by atoms with Gasteiger partial charge in [0, 0.05) is 18.3 Å². The number of carbonyl (C=O) groups is 2. The summed E-state index contributed by atoms with van der Waals surface area (Å²) >= 11 is 0. The van der Waals surface area contributed by atoms with Crippen LogP contribution in [-0.4, -0.2) is 21.4 Å². The Morgan fingerprint density at radius 2 is 1.73 bits per heavy atom. The normalized spacial score (nSPS) is 10.5. The topological polar surface area (TPSA) is 93.1 Å². The molecule has 0 atom stereocenters. The molecular formula is C19H18N4O3. The standard InChI is InChI=1S/C19H18N4O3/c1-12-19(26)23(17-9-4-3-8-16(17)20-12)11-18(25)22-15-7-5-6-14(10-15)21-13(2)24/h3-10H,11H2,1-2H3,(H,21,24)(H,22,25). The number of aromatic nitrogens is 2. The average Bonchev–Trinajstić information content (AvgIpc) is 2.58. The van der Waals surface area contributed by atoms with E-state index in [4.69, 9.17) is 0 Å². The second-order valence-corrected chi connectivity index (χ2v) is 5.89. The van der Waals surface area contributed by atoms with Crippen molar-refractivity contribution in [2.24, 2.45) is 0 Å². The van der Waals surface area contributed by atoms with Gasteiger partial charge in [-0.25, -0.2) is 4.98 Å². The van der Waals surface area contributed by atoms with Crippen molar-refractivity contribution in [2.75, 3.05) is 10.6 Å². The second kappa shape index (κ2) is 7.18. The lowest BCUT2D eigenvalue weighted by Crippen LogP contribution is -2.30. The van der Waals surface area contributed by atoms with Crippen LogP contribution in [0, 0.1) is 6.92 Å². The van der Waals surface area contributed by atoms with E-state index in [2.05, 4.69) is 15.6 Å². The summed E-state index contributed by atoms with van der Waals surface area (Å²) in [6.45, 7) is 2.90. The molecule has 7 nitrogen and oxygen atoms in total. The number of hydrogen-bond donors (Lipinski definition) is 2. The molecular weight excluding hydrogens is 332 g/mol. The Kier molecular flexibility index (Phi) is 4.79. The Bertz CT molecular complexity index is 1060. The Morgan fingerprint density at radius 3 is 2.46 bits per heavy atom. The zero-order valence-electron chi connectivity index (χ0n) is 14.4. The van der Waals surface area contributed by atoms with Gasteiger partial charge in [0.25, 0.3) is 5.56 Å². The van der Waals surface area contributed by atoms with Crippen LogP contribution in [0.1, 0.15) is 12.6 Å². The lowest BCUT2D eigenvalue weighted by Gasteiger charge is -2.12. The Morgan fingerprint density at radius 1 is 1.04 bits per heavy atom. The van der Waals surface area contributed by atoms with Crippen LogP contribution in [0.3, 0.4) is 0 Å². The van der Waals surface area contributed by atoms with Gasteiger partial charge in [-0.3, -0.25) is 19.0 Å². The van der Waals surface area contributed by atoms with Crippen LogP contribution in [0.5, 0.6) is 0 Å². The summed E-state index contributed by atoms with van der Waals surface area (Å²) in [6.07, 6.45) is 0. The van der Waals surface area contributed by atoms with E-state index < -0.39 is 0 Å². The van der Waals surface area contributed by atoms with Gasteiger partial charge in [-0.1, -0.05) is 18.2 Å². The maximum Gasteiger partial charge on any atom is 0.272 e. The van der Waals surface area contributed by atoms with Crippen molar-refractivity contribution in [1.29, 1.82) is 0 Å².